The van der Waals surface area contributed by atoms with Crippen LogP contribution in [0.3, 0.4) is 0 Å². The van der Waals surface area contributed by atoms with Gasteiger partial charge in [0.25, 0.3) is 0 Å². The summed E-state index contributed by atoms with van der Waals surface area (Å²) in [5.74, 6) is 0.682. The molecule has 2 nitrogen and oxygen atoms in total. The van der Waals surface area contributed by atoms with Gasteiger partial charge in [-0.25, -0.2) is 0 Å². The van der Waals surface area contributed by atoms with Gasteiger partial charge in [0.2, 0.25) is 0 Å². The quantitative estimate of drug-likeness (QED) is 0.879. The zero-order valence-electron chi connectivity index (χ0n) is 11.9. The highest BCUT2D eigenvalue weighted by molar-refractivity contribution is 6.32. The van der Waals surface area contributed by atoms with Crippen LogP contribution in [0.2, 0.25) is 5.02 Å². The maximum absolute atomic E-state index is 6.33. The van der Waals surface area contributed by atoms with E-state index in [9.17, 15) is 0 Å². The van der Waals surface area contributed by atoms with Gasteiger partial charge in [-0.3, -0.25) is 0 Å². The van der Waals surface area contributed by atoms with Gasteiger partial charge in [-0.05, 0) is 36.6 Å². The molecule has 0 bridgehead atoms. The molecule has 2 aromatic rings. The molecule has 0 saturated heterocycles. The molecule has 20 heavy (non-hydrogen) atoms. The van der Waals surface area contributed by atoms with E-state index in [2.05, 4.69) is 19.1 Å². The Kier molecular flexibility index (Phi) is 4.69. The lowest BCUT2D eigenvalue weighted by atomic mass is 10.0. The Labute approximate surface area is 125 Å². The number of halogens is 1. The second-order valence-electron chi connectivity index (χ2n) is 5.12. The monoisotopic (exact) mass is 289 g/mol. The lowest BCUT2D eigenvalue weighted by Crippen LogP contribution is -2.39. The van der Waals surface area contributed by atoms with Gasteiger partial charge >= 0.3 is 0 Å². The maximum atomic E-state index is 6.33. The van der Waals surface area contributed by atoms with Crippen LogP contribution in [0.1, 0.15) is 20.3 Å². The summed E-state index contributed by atoms with van der Waals surface area (Å²) < 4.78 is 5.96. The van der Waals surface area contributed by atoms with Gasteiger partial charge in [-0.15, -0.1) is 0 Å². The molecule has 3 heteroatoms. The van der Waals surface area contributed by atoms with E-state index < -0.39 is 0 Å². The lowest BCUT2D eigenvalue weighted by Gasteiger charge is -2.28. The van der Waals surface area contributed by atoms with E-state index in [1.165, 1.54) is 0 Å². The van der Waals surface area contributed by atoms with Crippen LogP contribution in [0.15, 0.2) is 48.5 Å². The van der Waals surface area contributed by atoms with Crippen LogP contribution in [0.4, 0.5) is 0 Å². The Balaban J connectivity index is 2.27. The standard InChI is InChI=1S/C17H20ClNO/c1-3-17(2,12-19)20-16-10-9-14(11-15(16)18)13-7-5-4-6-8-13/h4-11H,3,12,19H2,1-2H3. The normalized spacial score (nSPS) is 13.8. The Morgan fingerprint density at radius 1 is 1.10 bits per heavy atom. The summed E-state index contributed by atoms with van der Waals surface area (Å²) in [6.07, 6.45) is 0.834. The fourth-order valence-corrected chi connectivity index (χ4v) is 2.14. The Morgan fingerprint density at radius 3 is 2.35 bits per heavy atom. The first-order chi connectivity index (χ1) is 9.58. The summed E-state index contributed by atoms with van der Waals surface area (Å²) >= 11 is 6.33. The minimum atomic E-state index is -0.377. The molecule has 2 aromatic carbocycles. The molecular formula is C17H20ClNO. The zero-order valence-corrected chi connectivity index (χ0v) is 12.7. The average Bonchev–Trinajstić information content (AvgIpc) is 2.50. The molecule has 2 rings (SSSR count). The third-order valence-corrected chi connectivity index (χ3v) is 3.87. The van der Waals surface area contributed by atoms with Crippen molar-refractivity contribution in [2.45, 2.75) is 25.9 Å². The van der Waals surface area contributed by atoms with Gasteiger partial charge in [-0.1, -0.05) is 54.9 Å². The highest BCUT2D eigenvalue weighted by atomic mass is 35.5. The summed E-state index contributed by atoms with van der Waals surface area (Å²) in [5, 5.41) is 0.611. The summed E-state index contributed by atoms with van der Waals surface area (Å²) in [7, 11) is 0. The van der Waals surface area contributed by atoms with Crippen molar-refractivity contribution in [2.24, 2.45) is 5.73 Å². The topological polar surface area (TPSA) is 35.2 Å². The maximum Gasteiger partial charge on any atom is 0.138 e. The molecule has 0 heterocycles. The van der Waals surface area contributed by atoms with Gasteiger partial charge in [0.05, 0.1) is 5.02 Å². The first kappa shape index (κ1) is 14.9. The minimum absolute atomic E-state index is 0.377. The Morgan fingerprint density at radius 2 is 1.80 bits per heavy atom. The van der Waals surface area contributed by atoms with E-state index in [0.717, 1.165) is 17.5 Å². The van der Waals surface area contributed by atoms with E-state index >= 15 is 0 Å². The Bertz CT molecular complexity index is 564. The number of rotatable bonds is 5. The molecule has 0 aliphatic rings. The molecule has 0 fully saturated rings. The van der Waals surface area contributed by atoms with E-state index in [1.54, 1.807) is 0 Å². The van der Waals surface area contributed by atoms with Crippen LogP contribution in [0.5, 0.6) is 5.75 Å². The van der Waals surface area contributed by atoms with Crippen molar-refractivity contribution >= 4 is 11.6 Å². The predicted molar refractivity (Wildman–Crippen MR) is 85.3 cm³/mol. The summed E-state index contributed by atoms with van der Waals surface area (Å²) in [4.78, 5) is 0. The van der Waals surface area contributed by atoms with Gasteiger partial charge in [0, 0.05) is 6.54 Å². The second kappa shape index (κ2) is 6.29. The first-order valence-corrected chi connectivity index (χ1v) is 7.20. The summed E-state index contributed by atoms with van der Waals surface area (Å²) in [6, 6.07) is 16.0. The summed E-state index contributed by atoms with van der Waals surface area (Å²) in [5.41, 5.74) is 7.61. The smallest absolute Gasteiger partial charge is 0.138 e. The van der Waals surface area contributed by atoms with Crippen LogP contribution in [0.25, 0.3) is 11.1 Å². The fourth-order valence-electron chi connectivity index (χ4n) is 1.92. The van der Waals surface area contributed by atoms with Crippen LogP contribution in [0, 0.1) is 0 Å². The molecule has 106 valence electrons. The van der Waals surface area contributed by atoms with Crippen molar-refractivity contribution < 1.29 is 4.74 Å². The SMILES string of the molecule is CCC(C)(CN)Oc1ccc(-c2ccccc2)cc1Cl. The third-order valence-electron chi connectivity index (χ3n) is 3.58. The molecule has 0 aliphatic carbocycles. The fraction of sp³-hybridized carbons (Fsp3) is 0.294. The third kappa shape index (κ3) is 3.33. The van der Waals surface area contributed by atoms with Crippen LogP contribution < -0.4 is 10.5 Å². The molecule has 0 amide bonds. The second-order valence-corrected chi connectivity index (χ2v) is 5.53. The van der Waals surface area contributed by atoms with Crippen molar-refractivity contribution in [3.63, 3.8) is 0 Å². The molecule has 0 radical (unpaired) electrons. The highest BCUT2D eigenvalue weighted by Crippen LogP contribution is 2.32. The van der Waals surface area contributed by atoms with Crippen LogP contribution in [-0.2, 0) is 0 Å². The van der Waals surface area contributed by atoms with Gasteiger partial charge in [-0.2, -0.15) is 0 Å². The number of ether oxygens (including phenoxy) is 1. The number of hydrogen-bond donors (Lipinski definition) is 1. The van der Waals surface area contributed by atoms with E-state index in [0.29, 0.717) is 17.3 Å². The minimum Gasteiger partial charge on any atom is -0.485 e. The van der Waals surface area contributed by atoms with Crippen LogP contribution in [-0.4, -0.2) is 12.1 Å². The molecule has 0 aliphatic heterocycles. The van der Waals surface area contributed by atoms with E-state index in [4.69, 9.17) is 22.1 Å². The number of hydrogen-bond acceptors (Lipinski definition) is 2. The number of benzene rings is 2. The van der Waals surface area contributed by atoms with Crippen molar-refractivity contribution in [2.75, 3.05) is 6.54 Å². The average molecular weight is 290 g/mol. The van der Waals surface area contributed by atoms with Gasteiger partial charge < -0.3 is 10.5 Å². The van der Waals surface area contributed by atoms with E-state index in [1.807, 2.05) is 43.3 Å². The van der Waals surface area contributed by atoms with Gasteiger partial charge in [0.15, 0.2) is 0 Å². The van der Waals surface area contributed by atoms with Crippen molar-refractivity contribution in [1.82, 2.24) is 0 Å². The molecule has 0 aromatic heterocycles. The van der Waals surface area contributed by atoms with Gasteiger partial charge in [0.1, 0.15) is 11.4 Å². The molecule has 1 unspecified atom stereocenters. The molecular weight excluding hydrogens is 270 g/mol. The van der Waals surface area contributed by atoms with Crippen molar-refractivity contribution in [3.05, 3.63) is 53.6 Å². The van der Waals surface area contributed by atoms with Crippen LogP contribution >= 0.6 is 11.6 Å². The van der Waals surface area contributed by atoms with E-state index in [-0.39, 0.29) is 5.60 Å². The lowest BCUT2D eigenvalue weighted by molar-refractivity contribution is 0.0937. The van der Waals surface area contributed by atoms with Crippen molar-refractivity contribution in [1.29, 1.82) is 0 Å². The largest absolute Gasteiger partial charge is 0.485 e. The molecule has 0 saturated carbocycles. The zero-order chi connectivity index (χ0) is 14.6. The molecule has 1 atom stereocenters. The first-order valence-electron chi connectivity index (χ1n) is 6.82. The van der Waals surface area contributed by atoms with Crippen molar-refractivity contribution in [3.8, 4) is 16.9 Å². The molecule has 2 N–H and O–H groups in total. The number of nitrogens with two attached hydrogens (primary N) is 1. The molecule has 0 spiro atoms. The Hall–Kier alpha value is -1.51. The summed E-state index contributed by atoms with van der Waals surface area (Å²) in [6.45, 7) is 4.51. The highest BCUT2D eigenvalue weighted by Gasteiger charge is 2.23. The predicted octanol–water partition coefficient (Wildman–Crippen LogP) is 4.51.